The summed E-state index contributed by atoms with van der Waals surface area (Å²) in [6.45, 7) is 0. The number of pyridine rings is 1. The highest BCUT2D eigenvalue weighted by Crippen LogP contribution is 2.31. The molecule has 0 aliphatic carbocycles. The highest BCUT2D eigenvalue weighted by atomic mass is 32.2. The number of sulfonamides is 1. The molecule has 2 aromatic carbocycles. The number of anilines is 3. The Morgan fingerprint density at radius 1 is 0.857 bits per heavy atom. The van der Waals surface area contributed by atoms with Crippen LogP contribution in [0.4, 0.5) is 17.3 Å². The van der Waals surface area contributed by atoms with E-state index in [0.29, 0.717) is 28.2 Å². The molecule has 2 heterocycles. The number of rotatable bonds is 8. The third-order valence-corrected chi connectivity index (χ3v) is 6.18. The molecule has 0 spiro atoms. The van der Waals surface area contributed by atoms with Crippen LogP contribution in [0.25, 0.3) is 11.0 Å². The molecule has 0 unspecified atom stereocenters. The van der Waals surface area contributed by atoms with Crippen molar-refractivity contribution in [2.45, 2.75) is 4.90 Å². The van der Waals surface area contributed by atoms with Crippen molar-refractivity contribution in [3.63, 3.8) is 0 Å². The number of nitrogens with zero attached hydrogens (tertiary/aromatic N) is 3. The molecule has 35 heavy (non-hydrogen) atoms. The molecule has 0 saturated carbocycles. The summed E-state index contributed by atoms with van der Waals surface area (Å²) in [5, 5.41) is 3.08. The van der Waals surface area contributed by atoms with Crippen molar-refractivity contribution < 1.29 is 27.4 Å². The molecule has 11 nitrogen and oxygen atoms in total. The minimum Gasteiger partial charge on any atom is -0.497 e. The first kappa shape index (κ1) is 23.7. The molecular weight excluding hydrogens is 474 g/mol. The van der Waals surface area contributed by atoms with Gasteiger partial charge in [-0.05, 0) is 24.3 Å². The van der Waals surface area contributed by atoms with Gasteiger partial charge in [-0.2, -0.15) is 0 Å². The van der Waals surface area contributed by atoms with Crippen molar-refractivity contribution in [3.05, 3.63) is 66.5 Å². The van der Waals surface area contributed by atoms with Crippen LogP contribution >= 0.6 is 0 Å². The third kappa shape index (κ3) is 5.22. The summed E-state index contributed by atoms with van der Waals surface area (Å²) in [5.41, 5.74) is 1.55. The zero-order chi connectivity index (χ0) is 25.0. The normalized spacial score (nSPS) is 11.1. The SMILES string of the molecule is COC(=O)c1ccc(S(=O)(=O)Nc2nc3ccccc3nc2Nc2cc(OC)cc(OC)c2)cn1. The molecule has 4 rings (SSSR count). The number of aromatic nitrogens is 3. The first-order chi connectivity index (χ1) is 16.8. The number of carbonyl (C=O) groups excluding carboxylic acids is 1. The molecule has 0 aliphatic heterocycles. The molecule has 0 amide bonds. The minimum atomic E-state index is -4.13. The summed E-state index contributed by atoms with van der Waals surface area (Å²) in [4.78, 5) is 24.3. The Hall–Kier alpha value is -4.45. The van der Waals surface area contributed by atoms with E-state index in [-0.39, 0.29) is 22.2 Å². The zero-order valence-corrected chi connectivity index (χ0v) is 19.8. The van der Waals surface area contributed by atoms with Gasteiger partial charge in [-0.1, -0.05) is 12.1 Å². The second-order valence-electron chi connectivity index (χ2n) is 7.11. The second kappa shape index (κ2) is 9.81. The molecule has 2 N–H and O–H groups in total. The molecular formula is C23H21N5O6S. The van der Waals surface area contributed by atoms with Crippen LogP contribution in [-0.4, -0.2) is 50.7 Å². The summed E-state index contributed by atoms with van der Waals surface area (Å²) in [7, 11) is 0.124. The van der Waals surface area contributed by atoms with Gasteiger partial charge in [-0.25, -0.2) is 28.2 Å². The topological polar surface area (TPSA) is 142 Å². The van der Waals surface area contributed by atoms with Crippen LogP contribution in [0.3, 0.4) is 0 Å². The van der Waals surface area contributed by atoms with Crippen molar-refractivity contribution in [1.82, 2.24) is 15.0 Å². The van der Waals surface area contributed by atoms with E-state index in [1.807, 2.05) is 0 Å². The standard InChI is InChI=1S/C23H21N5O6S/c1-32-15-10-14(11-16(12-15)33-2)25-21-22(27-19-7-5-4-6-18(19)26-21)28-35(30,31)17-8-9-20(24-13-17)23(29)34-3/h4-13H,1-3H3,(H,25,26)(H,27,28). The number of ether oxygens (including phenoxy) is 3. The number of benzene rings is 2. The van der Waals surface area contributed by atoms with Gasteiger partial charge in [-0.15, -0.1) is 0 Å². The highest BCUT2D eigenvalue weighted by molar-refractivity contribution is 7.92. The van der Waals surface area contributed by atoms with Gasteiger partial charge in [0.25, 0.3) is 10.0 Å². The maximum Gasteiger partial charge on any atom is 0.356 e. The Morgan fingerprint density at radius 3 is 2.03 bits per heavy atom. The van der Waals surface area contributed by atoms with Gasteiger partial charge in [0.15, 0.2) is 11.6 Å². The summed E-state index contributed by atoms with van der Waals surface area (Å²) in [5.74, 6) is 0.491. The van der Waals surface area contributed by atoms with E-state index in [4.69, 9.17) is 9.47 Å². The Labute approximate surface area is 201 Å². The van der Waals surface area contributed by atoms with Crippen molar-refractivity contribution in [3.8, 4) is 11.5 Å². The lowest BCUT2D eigenvalue weighted by molar-refractivity contribution is 0.0594. The quantitative estimate of drug-likeness (QED) is 0.349. The second-order valence-corrected chi connectivity index (χ2v) is 8.79. The predicted octanol–water partition coefficient (Wildman–Crippen LogP) is 3.37. The minimum absolute atomic E-state index is 0.0220. The van der Waals surface area contributed by atoms with Crippen LogP contribution in [0.5, 0.6) is 11.5 Å². The zero-order valence-electron chi connectivity index (χ0n) is 19.0. The fraction of sp³-hybridized carbons (Fsp3) is 0.130. The van der Waals surface area contributed by atoms with Crippen LogP contribution in [0, 0.1) is 0 Å². The number of nitrogens with one attached hydrogen (secondary N) is 2. The highest BCUT2D eigenvalue weighted by Gasteiger charge is 2.21. The monoisotopic (exact) mass is 495 g/mol. The van der Waals surface area contributed by atoms with Gasteiger partial charge in [0.05, 0.1) is 32.4 Å². The van der Waals surface area contributed by atoms with Gasteiger partial charge in [-0.3, -0.25) is 4.72 Å². The Balaban J connectivity index is 1.74. The summed E-state index contributed by atoms with van der Waals surface area (Å²) in [6.07, 6.45) is 1.06. The Bertz CT molecular complexity index is 1470. The van der Waals surface area contributed by atoms with E-state index in [2.05, 4.69) is 29.7 Å². The van der Waals surface area contributed by atoms with E-state index in [9.17, 15) is 13.2 Å². The van der Waals surface area contributed by atoms with Crippen LogP contribution in [0.2, 0.25) is 0 Å². The number of carbonyl (C=O) groups is 1. The number of hydrogen-bond acceptors (Lipinski definition) is 10. The van der Waals surface area contributed by atoms with Gasteiger partial charge < -0.3 is 19.5 Å². The third-order valence-electron chi connectivity index (χ3n) is 4.86. The molecule has 12 heteroatoms. The largest absolute Gasteiger partial charge is 0.497 e. The maximum absolute atomic E-state index is 13.1. The van der Waals surface area contributed by atoms with E-state index in [0.717, 1.165) is 6.20 Å². The summed E-state index contributed by atoms with van der Waals surface area (Å²) >= 11 is 0. The lowest BCUT2D eigenvalue weighted by atomic mass is 10.2. The van der Waals surface area contributed by atoms with Crippen LogP contribution < -0.4 is 19.5 Å². The average Bonchev–Trinajstić information content (AvgIpc) is 2.88. The van der Waals surface area contributed by atoms with Gasteiger partial charge >= 0.3 is 5.97 Å². The van der Waals surface area contributed by atoms with E-state index in [1.165, 1.54) is 33.5 Å². The van der Waals surface area contributed by atoms with Crippen molar-refractivity contribution in [1.29, 1.82) is 0 Å². The van der Waals surface area contributed by atoms with Crippen LogP contribution in [0.15, 0.2) is 65.7 Å². The summed E-state index contributed by atoms with van der Waals surface area (Å²) < 4.78 is 43.8. The predicted molar refractivity (Wildman–Crippen MR) is 129 cm³/mol. The lowest BCUT2D eigenvalue weighted by Gasteiger charge is -2.15. The van der Waals surface area contributed by atoms with E-state index >= 15 is 0 Å². The van der Waals surface area contributed by atoms with Crippen molar-refractivity contribution >= 4 is 44.3 Å². The molecule has 0 aliphatic rings. The molecule has 4 aromatic rings. The van der Waals surface area contributed by atoms with Gasteiger partial charge in [0, 0.05) is 30.1 Å². The molecule has 0 atom stereocenters. The first-order valence-electron chi connectivity index (χ1n) is 10.2. The van der Waals surface area contributed by atoms with Crippen LogP contribution in [0.1, 0.15) is 10.5 Å². The van der Waals surface area contributed by atoms with Crippen LogP contribution in [-0.2, 0) is 14.8 Å². The fourth-order valence-electron chi connectivity index (χ4n) is 3.13. The van der Waals surface area contributed by atoms with Crippen molar-refractivity contribution in [2.24, 2.45) is 0 Å². The molecule has 0 bridgehead atoms. The van der Waals surface area contributed by atoms with E-state index in [1.54, 1.807) is 42.5 Å². The number of esters is 1. The molecule has 2 aromatic heterocycles. The molecule has 0 saturated heterocycles. The number of methoxy groups -OCH3 is 3. The Kier molecular flexibility index (Phi) is 6.64. The van der Waals surface area contributed by atoms with Gasteiger partial charge in [0.2, 0.25) is 0 Å². The Morgan fingerprint density at radius 2 is 1.49 bits per heavy atom. The average molecular weight is 496 g/mol. The molecule has 180 valence electrons. The number of hydrogen-bond donors (Lipinski definition) is 2. The first-order valence-corrected chi connectivity index (χ1v) is 11.7. The summed E-state index contributed by atoms with van der Waals surface area (Å²) in [6, 6.07) is 14.6. The van der Waals surface area contributed by atoms with E-state index < -0.39 is 16.0 Å². The number of para-hydroxylation sites is 2. The molecule has 0 radical (unpaired) electrons. The van der Waals surface area contributed by atoms with Crippen molar-refractivity contribution in [2.75, 3.05) is 31.4 Å². The van der Waals surface area contributed by atoms with Gasteiger partial charge in [0.1, 0.15) is 22.1 Å². The smallest absolute Gasteiger partial charge is 0.356 e. The fourth-order valence-corrected chi connectivity index (χ4v) is 4.08. The molecule has 0 fully saturated rings. The maximum atomic E-state index is 13.1. The lowest BCUT2D eigenvalue weighted by Crippen LogP contribution is -2.17. The number of fused-ring (bicyclic) bond motifs is 1.